The number of imidazole rings is 1. The van der Waals surface area contributed by atoms with E-state index in [1.165, 1.54) is 6.07 Å². The molecule has 9 heteroatoms. The Bertz CT molecular complexity index is 970. The van der Waals surface area contributed by atoms with Crippen LogP contribution < -0.4 is 11.5 Å². The van der Waals surface area contributed by atoms with Gasteiger partial charge in [-0.1, -0.05) is 6.92 Å². The molecule has 8 nitrogen and oxygen atoms in total. The Morgan fingerprint density at radius 1 is 1.28 bits per heavy atom. The number of amides is 1. The van der Waals surface area contributed by atoms with Gasteiger partial charge in [-0.25, -0.2) is 13.4 Å². The smallest absolute Gasteiger partial charge is 0.280 e. The molecule has 0 aliphatic rings. The minimum absolute atomic E-state index is 0.0133. The van der Waals surface area contributed by atoms with Gasteiger partial charge in [0.15, 0.2) is 15.8 Å². The number of rotatable bonds is 4. The lowest BCUT2D eigenvalue weighted by atomic mass is 10.0. The van der Waals surface area contributed by atoms with Gasteiger partial charge >= 0.3 is 0 Å². The third-order valence-electron chi connectivity index (χ3n) is 3.69. The van der Waals surface area contributed by atoms with Crippen molar-refractivity contribution in [2.75, 3.05) is 6.26 Å². The molecule has 0 atom stereocenters. The summed E-state index contributed by atoms with van der Waals surface area (Å²) in [6.45, 7) is 5.46. The van der Waals surface area contributed by atoms with E-state index in [1.807, 2.05) is 13.8 Å². The zero-order valence-corrected chi connectivity index (χ0v) is 15.4. The second-order valence-electron chi connectivity index (χ2n) is 5.74. The minimum atomic E-state index is -3.61. The number of carbonyl (C=O) groups is 1. The van der Waals surface area contributed by atoms with E-state index in [0.29, 0.717) is 23.5 Å². The summed E-state index contributed by atoms with van der Waals surface area (Å²) >= 11 is 0. The van der Waals surface area contributed by atoms with E-state index >= 15 is 0 Å². The highest BCUT2D eigenvalue weighted by Crippen LogP contribution is 2.27. The van der Waals surface area contributed by atoms with E-state index in [9.17, 15) is 13.2 Å². The Morgan fingerprint density at radius 3 is 2.36 bits per heavy atom. The van der Waals surface area contributed by atoms with E-state index in [-0.39, 0.29) is 16.4 Å². The van der Waals surface area contributed by atoms with Crippen molar-refractivity contribution in [1.82, 2.24) is 9.55 Å². The van der Waals surface area contributed by atoms with Crippen molar-refractivity contribution in [3.05, 3.63) is 41.0 Å². The van der Waals surface area contributed by atoms with Gasteiger partial charge in [-0.3, -0.25) is 4.79 Å². The maximum Gasteiger partial charge on any atom is 0.280 e. The molecule has 4 N–H and O–H groups in total. The topological polar surface area (TPSA) is 133 Å². The first-order valence-corrected chi connectivity index (χ1v) is 9.47. The number of benzene rings is 1. The van der Waals surface area contributed by atoms with Gasteiger partial charge in [0.25, 0.3) is 5.91 Å². The van der Waals surface area contributed by atoms with E-state index in [2.05, 4.69) is 9.98 Å². The van der Waals surface area contributed by atoms with Crippen molar-refractivity contribution in [2.45, 2.75) is 32.1 Å². The standard InChI is InChI=1S/C16H21N5O3S/c1-5-11-6-13(21-8-9(2)19-10(21)3)14(25(4,23)24)7-12(11)15(22)20-16(17)18/h6-8H,5H2,1-4H3,(H4,17,18,20,22). The molecule has 0 aliphatic heterocycles. The number of carbonyl (C=O) groups excluding carboxylic acids is 1. The predicted molar refractivity (Wildman–Crippen MR) is 95.7 cm³/mol. The zero-order valence-electron chi connectivity index (χ0n) is 14.6. The van der Waals surface area contributed by atoms with Crippen LogP contribution in [0.1, 0.15) is 34.4 Å². The summed E-state index contributed by atoms with van der Waals surface area (Å²) in [5, 5.41) is 0. The average molecular weight is 363 g/mol. The van der Waals surface area contributed by atoms with Crippen LogP contribution >= 0.6 is 0 Å². The summed E-state index contributed by atoms with van der Waals surface area (Å²) < 4.78 is 26.3. The fourth-order valence-corrected chi connectivity index (χ4v) is 3.50. The lowest BCUT2D eigenvalue weighted by Crippen LogP contribution is -2.24. The number of hydrogen-bond acceptors (Lipinski definition) is 4. The SMILES string of the molecule is CCc1cc(-n2cc(C)nc2C)c(S(C)(=O)=O)cc1C(=O)N=C(N)N. The molecule has 134 valence electrons. The van der Waals surface area contributed by atoms with E-state index in [0.717, 1.165) is 11.9 Å². The molecule has 0 aliphatic carbocycles. The van der Waals surface area contributed by atoms with E-state index < -0.39 is 15.7 Å². The van der Waals surface area contributed by atoms with Gasteiger partial charge in [0.1, 0.15) is 5.82 Å². The first-order chi connectivity index (χ1) is 11.5. The fraction of sp³-hybridized carbons (Fsp3) is 0.312. The molecule has 1 amide bonds. The number of guanidine groups is 1. The lowest BCUT2D eigenvalue weighted by Gasteiger charge is -2.15. The Balaban J connectivity index is 2.84. The number of sulfone groups is 1. The quantitative estimate of drug-likeness (QED) is 0.611. The van der Waals surface area contributed by atoms with Crippen molar-refractivity contribution < 1.29 is 13.2 Å². The predicted octanol–water partition coefficient (Wildman–Crippen LogP) is 0.869. The van der Waals surface area contributed by atoms with Gasteiger partial charge in [0.05, 0.1) is 16.3 Å². The number of nitrogens with two attached hydrogens (primary N) is 2. The van der Waals surface area contributed by atoms with Gasteiger partial charge < -0.3 is 16.0 Å². The normalized spacial score (nSPS) is 11.4. The molecule has 1 heterocycles. The third kappa shape index (κ3) is 3.87. The van der Waals surface area contributed by atoms with Crippen LogP contribution in [0.2, 0.25) is 0 Å². The lowest BCUT2D eigenvalue weighted by molar-refractivity contribution is 0.100. The number of aryl methyl sites for hydroxylation is 3. The van der Waals surface area contributed by atoms with Crippen LogP contribution in [0.5, 0.6) is 0 Å². The van der Waals surface area contributed by atoms with Crippen molar-refractivity contribution in [1.29, 1.82) is 0 Å². The maximum absolute atomic E-state index is 12.3. The van der Waals surface area contributed by atoms with E-state index in [4.69, 9.17) is 11.5 Å². The number of hydrogen-bond donors (Lipinski definition) is 2. The van der Waals surface area contributed by atoms with Gasteiger partial charge in [0.2, 0.25) is 0 Å². The summed E-state index contributed by atoms with van der Waals surface area (Å²) in [6.07, 6.45) is 3.34. The summed E-state index contributed by atoms with van der Waals surface area (Å²) in [7, 11) is -3.61. The van der Waals surface area contributed by atoms with Crippen molar-refractivity contribution in [2.24, 2.45) is 16.5 Å². The molecule has 0 bridgehead atoms. The second kappa shape index (κ2) is 6.67. The second-order valence-corrected chi connectivity index (χ2v) is 7.73. The summed E-state index contributed by atoms with van der Waals surface area (Å²) in [4.78, 5) is 20.1. The first-order valence-electron chi connectivity index (χ1n) is 7.58. The van der Waals surface area contributed by atoms with Crippen LogP contribution in [-0.2, 0) is 16.3 Å². The van der Waals surface area contributed by atoms with Gasteiger partial charge in [-0.2, -0.15) is 4.99 Å². The monoisotopic (exact) mass is 363 g/mol. The van der Waals surface area contributed by atoms with Crippen LogP contribution in [-0.4, -0.2) is 36.1 Å². The molecule has 2 rings (SSSR count). The van der Waals surface area contributed by atoms with Crippen molar-refractivity contribution in [3.63, 3.8) is 0 Å². The molecule has 0 radical (unpaired) electrons. The number of nitrogens with zero attached hydrogens (tertiary/aromatic N) is 3. The first kappa shape index (κ1) is 18.7. The minimum Gasteiger partial charge on any atom is -0.370 e. The largest absolute Gasteiger partial charge is 0.370 e. The fourth-order valence-electron chi connectivity index (χ4n) is 2.63. The average Bonchev–Trinajstić information content (AvgIpc) is 2.82. The molecule has 0 unspecified atom stereocenters. The Hall–Kier alpha value is -2.68. The zero-order chi connectivity index (χ0) is 18.9. The van der Waals surface area contributed by atoms with Crippen LogP contribution in [0.15, 0.2) is 28.2 Å². The summed E-state index contributed by atoms with van der Waals surface area (Å²) in [5.41, 5.74) is 12.5. The molecule has 0 spiro atoms. The van der Waals surface area contributed by atoms with Gasteiger partial charge in [0, 0.05) is 18.0 Å². The highest BCUT2D eigenvalue weighted by atomic mass is 32.2. The highest BCUT2D eigenvalue weighted by Gasteiger charge is 2.22. The summed E-state index contributed by atoms with van der Waals surface area (Å²) in [6, 6.07) is 2.99. The molecular formula is C16H21N5O3S. The summed E-state index contributed by atoms with van der Waals surface area (Å²) in [5.74, 6) is -0.405. The van der Waals surface area contributed by atoms with E-state index in [1.54, 1.807) is 23.8 Å². The molecule has 0 saturated carbocycles. The Kier molecular flexibility index (Phi) is 4.98. The Morgan fingerprint density at radius 2 is 1.92 bits per heavy atom. The number of aliphatic imine (C=N–C) groups is 1. The Labute approximate surface area is 146 Å². The van der Waals surface area contributed by atoms with Crippen LogP contribution in [0.4, 0.5) is 0 Å². The van der Waals surface area contributed by atoms with Crippen molar-refractivity contribution >= 4 is 21.7 Å². The number of aromatic nitrogens is 2. The van der Waals surface area contributed by atoms with Crippen LogP contribution in [0.25, 0.3) is 5.69 Å². The van der Waals surface area contributed by atoms with Crippen LogP contribution in [0.3, 0.4) is 0 Å². The molecule has 25 heavy (non-hydrogen) atoms. The molecule has 1 aromatic heterocycles. The third-order valence-corrected chi connectivity index (χ3v) is 4.81. The highest BCUT2D eigenvalue weighted by molar-refractivity contribution is 7.90. The van der Waals surface area contributed by atoms with Gasteiger partial charge in [-0.15, -0.1) is 0 Å². The maximum atomic E-state index is 12.3. The molecular weight excluding hydrogens is 342 g/mol. The van der Waals surface area contributed by atoms with Crippen molar-refractivity contribution in [3.8, 4) is 5.69 Å². The molecule has 2 aromatic rings. The van der Waals surface area contributed by atoms with Gasteiger partial charge in [-0.05, 0) is 38.0 Å². The molecule has 0 fully saturated rings. The molecule has 0 saturated heterocycles. The molecule has 1 aromatic carbocycles. The van der Waals surface area contributed by atoms with Crippen LogP contribution in [0, 0.1) is 13.8 Å².